The normalized spacial score (nSPS) is 18.1. The highest BCUT2D eigenvalue weighted by Crippen LogP contribution is 2.45. The number of hydrogen-bond donors (Lipinski definition) is 0. The molecule has 1 heterocycles. The van der Waals surface area contributed by atoms with Crippen molar-refractivity contribution in [2.75, 3.05) is 34.9 Å². The minimum atomic E-state index is 0.333. The van der Waals surface area contributed by atoms with Gasteiger partial charge in [0.05, 0.1) is 40.4 Å². The van der Waals surface area contributed by atoms with Gasteiger partial charge in [-0.25, -0.2) is 0 Å². The molecular weight excluding hydrogens is 334 g/mol. The molecule has 3 nitrogen and oxygen atoms in total. The van der Waals surface area contributed by atoms with E-state index >= 15 is 0 Å². The van der Waals surface area contributed by atoms with Crippen molar-refractivity contribution in [2.45, 2.75) is 18.9 Å². The average molecular weight is 362 g/mol. The van der Waals surface area contributed by atoms with Gasteiger partial charge in [-0.1, -0.05) is 48.5 Å². The Bertz CT molecular complexity index is 977. The Morgan fingerprint density at radius 1 is 0.926 bits per heavy atom. The maximum Gasteiger partial charge on any atom is 0.170 e. The van der Waals surface area contributed by atoms with E-state index in [1.54, 1.807) is 14.2 Å². The summed E-state index contributed by atoms with van der Waals surface area (Å²) in [5.74, 6) is 1.72. The number of rotatable bonds is 4. The third-order valence-electron chi connectivity index (χ3n) is 6.05. The van der Waals surface area contributed by atoms with Crippen LogP contribution in [0.1, 0.15) is 22.7 Å². The Kier molecular flexibility index (Phi) is 4.56. The number of nitrogens with zero attached hydrogens (tertiary/aromatic N) is 1. The van der Waals surface area contributed by atoms with Gasteiger partial charge in [-0.3, -0.25) is 0 Å². The predicted molar refractivity (Wildman–Crippen MR) is 111 cm³/mol. The second kappa shape index (κ2) is 6.90. The van der Waals surface area contributed by atoms with Crippen LogP contribution in [0, 0.1) is 0 Å². The Labute approximate surface area is 161 Å². The van der Waals surface area contributed by atoms with E-state index in [4.69, 9.17) is 9.47 Å². The minimum Gasteiger partial charge on any atom is -0.493 e. The average Bonchev–Trinajstić information content (AvgIpc) is 2.69. The van der Waals surface area contributed by atoms with Gasteiger partial charge in [0.25, 0.3) is 0 Å². The van der Waals surface area contributed by atoms with Crippen LogP contribution in [0.2, 0.25) is 0 Å². The van der Waals surface area contributed by atoms with Crippen molar-refractivity contribution in [2.24, 2.45) is 0 Å². The second-order valence-electron chi connectivity index (χ2n) is 8.03. The van der Waals surface area contributed by atoms with Crippen molar-refractivity contribution < 1.29 is 14.0 Å². The highest BCUT2D eigenvalue weighted by atomic mass is 16.5. The highest BCUT2D eigenvalue weighted by Gasteiger charge is 2.39. The maximum absolute atomic E-state index is 5.83. The van der Waals surface area contributed by atoms with Gasteiger partial charge in [0.1, 0.15) is 6.04 Å². The first-order valence-electron chi connectivity index (χ1n) is 9.57. The van der Waals surface area contributed by atoms with E-state index in [-0.39, 0.29) is 0 Å². The van der Waals surface area contributed by atoms with Crippen molar-refractivity contribution in [1.82, 2.24) is 0 Å². The summed E-state index contributed by atoms with van der Waals surface area (Å²) in [6.45, 7) is 1.13. The van der Waals surface area contributed by atoms with Crippen molar-refractivity contribution in [3.63, 3.8) is 0 Å². The number of ether oxygens (including phenoxy) is 2. The molecule has 0 spiro atoms. The smallest absolute Gasteiger partial charge is 0.170 e. The first kappa shape index (κ1) is 17.9. The van der Waals surface area contributed by atoms with E-state index in [0.717, 1.165) is 35.4 Å². The molecule has 27 heavy (non-hydrogen) atoms. The number of likely N-dealkylation sites (N-methyl/N-ethyl adjacent to an activating group) is 1. The summed E-state index contributed by atoms with van der Waals surface area (Å²) >= 11 is 0. The third kappa shape index (κ3) is 3.17. The summed E-state index contributed by atoms with van der Waals surface area (Å²) in [4.78, 5) is 0. The number of hydrogen-bond acceptors (Lipinski definition) is 2. The molecule has 0 radical (unpaired) electrons. The van der Waals surface area contributed by atoms with Crippen molar-refractivity contribution in [3.8, 4) is 11.5 Å². The molecule has 0 fully saturated rings. The van der Waals surface area contributed by atoms with Crippen LogP contribution in [-0.4, -0.2) is 39.3 Å². The fourth-order valence-corrected chi connectivity index (χ4v) is 4.43. The Morgan fingerprint density at radius 2 is 1.70 bits per heavy atom. The molecule has 4 rings (SSSR count). The van der Waals surface area contributed by atoms with Crippen LogP contribution < -0.4 is 9.47 Å². The Hall–Kier alpha value is -2.52. The molecule has 3 heteroatoms. The van der Waals surface area contributed by atoms with Crippen molar-refractivity contribution >= 4 is 10.8 Å². The number of quaternary nitrogens is 1. The SMILES string of the molecule is COc1ccc2c(c1OC)C(Cc1ccc3ccccc3c1)[N+](C)(C)CC2. The first-order chi connectivity index (χ1) is 13.0. The second-order valence-corrected chi connectivity index (χ2v) is 8.03. The molecule has 1 aliphatic rings. The molecule has 0 N–H and O–H groups in total. The molecule has 0 amide bonds. The van der Waals surface area contributed by atoms with E-state index in [2.05, 4.69) is 62.6 Å². The lowest BCUT2D eigenvalue weighted by Crippen LogP contribution is -2.48. The van der Waals surface area contributed by atoms with E-state index in [9.17, 15) is 0 Å². The van der Waals surface area contributed by atoms with Crippen LogP contribution in [0.15, 0.2) is 54.6 Å². The third-order valence-corrected chi connectivity index (χ3v) is 6.05. The number of fused-ring (bicyclic) bond motifs is 2. The zero-order valence-electron chi connectivity index (χ0n) is 16.7. The minimum absolute atomic E-state index is 0.333. The fraction of sp³-hybridized carbons (Fsp3) is 0.333. The summed E-state index contributed by atoms with van der Waals surface area (Å²) in [5, 5.41) is 2.59. The molecule has 1 unspecified atom stereocenters. The maximum atomic E-state index is 5.83. The molecule has 1 aliphatic heterocycles. The summed E-state index contributed by atoms with van der Waals surface area (Å²) in [5.41, 5.74) is 4.06. The van der Waals surface area contributed by atoms with Gasteiger partial charge >= 0.3 is 0 Å². The monoisotopic (exact) mass is 362 g/mol. The summed E-state index contributed by atoms with van der Waals surface area (Å²) in [6, 6.07) is 20.0. The Morgan fingerprint density at radius 3 is 2.44 bits per heavy atom. The van der Waals surface area contributed by atoms with E-state index < -0.39 is 0 Å². The van der Waals surface area contributed by atoms with E-state index in [0.29, 0.717) is 6.04 Å². The molecule has 3 aromatic carbocycles. The van der Waals surface area contributed by atoms with Crippen molar-refractivity contribution in [1.29, 1.82) is 0 Å². The summed E-state index contributed by atoms with van der Waals surface area (Å²) < 4.78 is 12.4. The van der Waals surface area contributed by atoms with Gasteiger partial charge in [0.2, 0.25) is 0 Å². The zero-order valence-corrected chi connectivity index (χ0v) is 16.7. The van der Waals surface area contributed by atoms with Gasteiger partial charge in [0, 0.05) is 12.8 Å². The fourth-order valence-electron chi connectivity index (χ4n) is 4.43. The molecule has 0 saturated carbocycles. The lowest BCUT2D eigenvalue weighted by atomic mass is 9.86. The van der Waals surface area contributed by atoms with Crippen LogP contribution in [0.4, 0.5) is 0 Å². The summed E-state index contributed by atoms with van der Waals surface area (Å²) in [7, 11) is 8.12. The number of methoxy groups -OCH3 is 2. The molecular formula is C24H28NO2+. The molecule has 3 aromatic rings. The van der Waals surface area contributed by atoms with E-state index in [1.165, 1.54) is 27.5 Å². The lowest BCUT2D eigenvalue weighted by molar-refractivity contribution is -0.923. The van der Waals surface area contributed by atoms with Gasteiger partial charge in [-0.2, -0.15) is 0 Å². The zero-order chi connectivity index (χ0) is 19.0. The highest BCUT2D eigenvalue weighted by molar-refractivity contribution is 5.83. The molecule has 0 aromatic heterocycles. The van der Waals surface area contributed by atoms with E-state index in [1.807, 2.05) is 6.07 Å². The molecule has 1 atom stereocenters. The molecule has 0 bridgehead atoms. The van der Waals surface area contributed by atoms with Gasteiger partial charge in [0.15, 0.2) is 11.5 Å². The standard InChI is InChI=1S/C24H28NO2/c1-25(2)14-13-19-11-12-22(26-3)24(27-4)23(19)21(25)16-17-9-10-18-7-5-6-8-20(18)15-17/h5-12,15,21H,13-14,16H2,1-4H3/q+1. The van der Waals surface area contributed by atoms with Crippen LogP contribution in [0.25, 0.3) is 10.8 Å². The largest absolute Gasteiger partial charge is 0.493 e. The molecule has 0 aliphatic carbocycles. The van der Waals surface area contributed by atoms with Gasteiger partial charge in [-0.15, -0.1) is 0 Å². The van der Waals surface area contributed by atoms with Gasteiger partial charge in [-0.05, 0) is 28.0 Å². The van der Waals surface area contributed by atoms with Crippen molar-refractivity contribution in [3.05, 3.63) is 71.3 Å². The van der Waals surface area contributed by atoms with Gasteiger partial charge < -0.3 is 14.0 Å². The Balaban J connectivity index is 1.81. The van der Waals surface area contributed by atoms with Crippen LogP contribution in [0.3, 0.4) is 0 Å². The topological polar surface area (TPSA) is 18.5 Å². The van der Waals surface area contributed by atoms with Crippen LogP contribution >= 0.6 is 0 Å². The van der Waals surface area contributed by atoms with Crippen LogP contribution in [0.5, 0.6) is 11.5 Å². The number of benzene rings is 3. The predicted octanol–water partition coefficient (Wildman–Crippen LogP) is 4.77. The summed E-state index contributed by atoms with van der Waals surface area (Å²) in [6.07, 6.45) is 2.05. The molecule has 140 valence electrons. The lowest BCUT2D eigenvalue weighted by Gasteiger charge is -2.43. The van der Waals surface area contributed by atoms with Crippen LogP contribution in [-0.2, 0) is 12.8 Å². The quantitative estimate of drug-likeness (QED) is 0.622. The first-order valence-corrected chi connectivity index (χ1v) is 9.57. The molecule has 0 saturated heterocycles.